The molecule has 0 atom stereocenters. The first-order chi connectivity index (χ1) is 25.0. The van der Waals surface area contributed by atoms with E-state index in [1.807, 2.05) is 0 Å². The number of ether oxygens (including phenoxy) is 3. The molecule has 1 aliphatic rings. The van der Waals surface area contributed by atoms with Gasteiger partial charge in [-0.3, -0.25) is 14.4 Å². The Hall–Kier alpha value is -2.30. The number of carbonyl (C=O) groups excluding carboxylic acids is 3. The van der Waals surface area contributed by atoms with E-state index >= 15 is 0 Å². The van der Waals surface area contributed by atoms with Crippen LogP contribution in [0.3, 0.4) is 0 Å². The number of benzene rings is 1. The molecule has 1 saturated carbocycles. The second kappa shape index (κ2) is 27.3. The SMILES string of the molecule is CCCCCCCCCCCCCCCC(=O)N(CP(C)C)C1CCC(NC(=O)CCOCCOCCC(=O)Oc2c(F)c(F)cc(F)c2F)CC1. The van der Waals surface area contributed by atoms with Crippen molar-refractivity contribution < 1.29 is 46.2 Å². The summed E-state index contributed by atoms with van der Waals surface area (Å²) in [7, 11) is -0.246. The number of hydrogen-bond acceptors (Lipinski definition) is 6. The van der Waals surface area contributed by atoms with Crippen molar-refractivity contribution in [3.05, 3.63) is 29.3 Å². The van der Waals surface area contributed by atoms with Gasteiger partial charge in [0.15, 0.2) is 11.6 Å². The monoisotopic (exact) mass is 762 g/mol. The Morgan fingerprint density at radius 1 is 0.712 bits per heavy atom. The van der Waals surface area contributed by atoms with Crippen LogP contribution in [0.1, 0.15) is 135 Å². The molecule has 1 fully saturated rings. The van der Waals surface area contributed by atoms with Crippen molar-refractivity contribution >= 4 is 25.7 Å². The van der Waals surface area contributed by atoms with Crippen LogP contribution >= 0.6 is 7.92 Å². The van der Waals surface area contributed by atoms with Crippen LogP contribution < -0.4 is 10.1 Å². The third-order valence-electron chi connectivity index (χ3n) is 9.34. The van der Waals surface area contributed by atoms with Gasteiger partial charge in [-0.25, -0.2) is 8.78 Å². The molecule has 2 amide bonds. The number of rotatable bonds is 28. The van der Waals surface area contributed by atoms with E-state index in [1.165, 1.54) is 70.6 Å². The predicted molar refractivity (Wildman–Crippen MR) is 198 cm³/mol. The minimum atomic E-state index is -1.80. The van der Waals surface area contributed by atoms with Crippen LogP contribution in [0, 0.1) is 23.3 Å². The third kappa shape index (κ3) is 19.2. The summed E-state index contributed by atoms with van der Waals surface area (Å²) in [6.07, 6.45) is 21.3. The van der Waals surface area contributed by atoms with Crippen LogP contribution in [0.5, 0.6) is 5.75 Å². The van der Waals surface area contributed by atoms with E-state index < -0.39 is 41.4 Å². The summed E-state index contributed by atoms with van der Waals surface area (Å²) in [5.74, 6) is -9.34. The fourth-order valence-corrected chi connectivity index (χ4v) is 7.42. The summed E-state index contributed by atoms with van der Waals surface area (Å²) in [5, 5.41) is 3.09. The Balaban J connectivity index is 1.53. The maximum absolute atomic E-state index is 13.6. The van der Waals surface area contributed by atoms with Crippen molar-refractivity contribution in [1.29, 1.82) is 0 Å². The van der Waals surface area contributed by atoms with Crippen LogP contribution in [0.15, 0.2) is 6.07 Å². The molecule has 0 aromatic heterocycles. The van der Waals surface area contributed by atoms with Gasteiger partial charge in [0, 0.05) is 37.3 Å². The van der Waals surface area contributed by atoms with E-state index in [1.54, 1.807) is 0 Å². The average molecular weight is 763 g/mol. The van der Waals surface area contributed by atoms with Gasteiger partial charge in [0.2, 0.25) is 29.2 Å². The molecule has 1 N–H and O–H groups in total. The Kier molecular flexibility index (Phi) is 24.1. The molecule has 0 aliphatic heterocycles. The molecular weight excluding hydrogens is 699 g/mol. The van der Waals surface area contributed by atoms with E-state index in [0.29, 0.717) is 6.42 Å². The Morgan fingerprint density at radius 2 is 1.21 bits per heavy atom. The van der Waals surface area contributed by atoms with Gasteiger partial charge in [-0.2, -0.15) is 8.78 Å². The molecule has 8 nitrogen and oxygen atoms in total. The van der Waals surface area contributed by atoms with Gasteiger partial charge in [0.05, 0.1) is 32.8 Å². The summed E-state index contributed by atoms with van der Waals surface area (Å²) in [6.45, 7) is 6.91. The van der Waals surface area contributed by atoms with Gasteiger partial charge in [0.25, 0.3) is 0 Å². The van der Waals surface area contributed by atoms with Gasteiger partial charge < -0.3 is 24.4 Å². The molecular formula is C39H63F4N2O6P. The maximum atomic E-state index is 13.6. The van der Waals surface area contributed by atoms with Crippen LogP contribution in [-0.2, 0) is 23.9 Å². The van der Waals surface area contributed by atoms with Crippen LogP contribution in [-0.4, -0.2) is 80.8 Å². The van der Waals surface area contributed by atoms with Crippen molar-refractivity contribution in [3.63, 3.8) is 0 Å². The summed E-state index contributed by atoms with van der Waals surface area (Å²) in [4.78, 5) is 39.7. The Bertz CT molecular complexity index is 1160. The minimum Gasteiger partial charge on any atom is -0.420 e. The molecule has 0 heterocycles. The number of nitrogens with zero attached hydrogens (tertiary/aromatic N) is 1. The van der Waals surface area contributed by atoms with Gasteiger partial charge in [-0.1, -0.05) is 91.9 Å². The molecule has 13 heteroatoms. The highest BCUT2D eigenvalue weighted by atomic mass is 31.1. The van der Waals surface area contributed by atoms with Gasteiger partial charge in [-0.05, 0) is 45.4 Å². The zero-order chi connectivity index (χ0) is 38.1. The lowest BCUT2D eigenvalue weighted by Gasteiger charge is -2.38. The lowest BCUT2D eigenvalue weighted by molar-refractivity contribution is -0.136. The third-order valence-corrected chi connectivity index (χ3v) is 10.2. The predicted octanol–water partition coefficient (Wildman–Crippen LogP) is 9.40. The normalized spacial score (nSPS) is 15.9. The highest BCUT2D eigenvalue weighted by Crippen LogP contribution is 2.32. The van der Waals surface area contributed by atoms with E-state index in [-0.39, 0.29) is 70.7 Å². The summed E-state index contributed by atoms with van der Waals surface area (Å²) >= 11 is 0. The summed E-state index contributed by atoms with van der Waals surface area (Å²) in [6, 6.07) is 0.318. The zero-order valence-corrected chi connectivity index (χ0v) is 32.7. The van der Waals surface area contributed by atoms with Crippen LogP contribution in [0.2, 0.25) is 0 Å². The molecule has 0 spiro atoms. The van der Waals surface area contributed by atoms with E-state index in [2.05, 4.69) is 35.2 Å². The standard InChI is InChI=1S/C39H63F4N2O6P/c1-4-5-6-7-8-9-10-11-12-13-14-15-16-17-35(47)45(29-52(2)3)31-20-18-30(19-21-31)44-34(46)22-24-49-26-27-50-25-23-36(48)51-39-37(42)32(40)28-33(41)38(39)43/h28,30-31H,4-27,29H2,1-3H3,(H,44,46). The molecule has 0 bridgehead atoms. The number of amides is 2. The summed E-state index contributed by atoms with van der Waals surface area (Å²) < 4.78 is 68.8. The quantitative estimate of drug-likeness (QED) is 0.0229. The fourth-order valence-electron chi connectivity index (χ4n) is 6.42. The van der Waals surface area contributed by atoms with Crippen molar-refractivity contribution in [2.24, 2.45) is 0 Å². The molecule has 2 rings (SSSR count). The number of unbranched alkanes of at least 4 members (excludes halogenated alkanes) is 12. The van der Waals surface area contributed by atoms with Gasteiger partial charge in [0.1, 0.15) is 0 Å². The summed E-state index contributed by atoms with van der Waals surface area (Å²) in [5.41, 5.74) is 0. The minimum absolute atomic E-state index is 0.0216. The van der Waals surface area contributed by atoms with Gasteiger partial charge >= 0.3 is 5.97 Å². The number of esters is 1. The van der Waals surface area contributed by atoms with Crippen molar-refractivity contribution in [2.75, 3.05) is 46.0 Å². The van der Waals surface area contributed by atoms with E-state index in [9.17, 15) is 31.9 Å². The first-order valence-corrected chi connectivity index (χ1v) is 21.9. The highest BCUT2D eigenvalue weighted by molar-refractivity contribution is 7.55. The Labute approximate surface area is 310 Å². The van der Waals surface area contributed by atoms with Crippen molar-refractivity contribution in [1.82, 2.24) is 10.2 Å². The number of hydrogen-bond donors (Lipinski definition) is 1. The molecule has 1 aromatic rings. The largest absolute Gasteiger partial charge is 0.420 e. The fraction of sp³-hybridized carbons (Fsp3) is 0.769. The molecule has 1 aliphatic carbocycles. The van der Waals surface area contributed by atoms with E-state index in [4.69, 9.17) is 9.47 Å². The molecule has 0 unspecified atom stereocenters. The highest BCUT2D eigenvalue weighted by Gasteiger charge is 2.29. The zero-order valence-electron chi connectivity index (χ0n) is 31.8. The van der Waals surface area contributed by atoms with E-state index in [0.717, 1.165) is 44.8 Å². The smallest absolute Gasteiger partial charge is 0.313 e. The van der Waals surface area contributed by atoms with Crippen molar-refractivity contribution in [3.8, 4) is 5.75 Å². The average Bonchev–Trinajstić information content (AvgIpc) is 3.11. The van der Waals surface area contributed by atoms with Crippen LogP contribution in [0.25, 0.3) is 0 Å². The lowest BCUT2D eigenvalue weighted by Crippen LogP contribution is -2.46. The second-order valence-corrected chi connectivity index (χ2v) is 16.6. The molecule has 52 heavy (non-hydrogen) atoms. The maximum Gasteiger partial charge on any atom is 0.313 e. The van der Waals surface area contributed by atoms with Crippen molar-refractivity contribution in [2.45, 2.75) is 147 Å². The number of halogens is 4. The number of carbonyl (C=O) groups is 3. The molecule has 1 aromatic carbocycles. The first kappa shape index (κ1) is 45.9. The second-order valence-electron chi connectivity index (χ2n) is 14.1. The molecule has 298 valence electrons. The Morgan fingerprint density at radius 3 is 1.73 bits per heavy atom. The molecule has 0 radical (unpaired) electrons. The van der Waals surface area contributed by atoms with Gasteiger partial charge in [-0.15, -0.1) is 0 Å². The molecule has 0 saturated heterocycles. The van der Waals surface area contributed by atoms with Crippen LogP contribution in [0.4, 0.5) is 17.6 Å². The topological polar surface area (TPSA) is 94.2 Å². The first-order valence-electron chi connectivity index (χ1n) is 19.5. The lowest BCUT2D eigenvalue weighted by atomic mass is 9.90. The number of nitrogens with one attached hydrogen (secondary N) is 1.